The predicted octanol–water partition coefficient (Wildman–Crippen LogP) is 3.49. The topological polar surface area (TPSA) is 26.3 Å². The molecule has 2 heteroatoms. The third-order valence-corrected chi connectivity index (χ3v) is 3.31. The number of benzene rings is 2. The minimum absolute atomic E-state index is 0.0994. The van der Waals surface area contributed by atoms with E-state index in [1.807, 2.05) is 36.4 Å². The summed E-state index contributed by atoms with van der Waals surface area (Å²) in [5.74, 6) is 1.07. The molecule has 90 valence electrons. The fraction of sp³-hybridized carbons (Fsp3) is 0.188. The number of hydrogen-bond donors (Lipinski definition) is 0. The molecule has 0 saturated heterocycles. The van der Waals surface area contributed by atoms with Crippen molar-refractivity contribution < 1.29 is 9.53 Å². The Morgan fingerprint density at radius 3 is 2.83 bits per heavy atom. The Balaban J connectivity index is 2.13. The number of ether oxygens (including phenoxy) is 1. The van der Waals surface area contributed by atoms with E-state index in [1.165, 1.54) is 5.56 Å². The van der Waals surface area contributed by atoms with Gasteiger partial charge >= 0.3 is 0 Å². The Labute approximate surface area is 106 Å². The molecule has 0 aromatic heterocycles. The Morgan fingerprint density at radius 1 is 1.17 bits per heavy atom. The second-order valence-corrected chi connectivity index (χ2v) is 4.52. The van der Waals surface area contributed by atoms with Gasteiger partial charge in [0.05, 0.1) is 6.61 Å². The van der Waals surface area contributed by atoms with Crippen LogP contribution in [0.25, 0.3) is 11.1 Å². The van der Waals surface area contributed by atoms with Gasteiger partial charge < -0.3 is 4.74 Å². The molecule has 3 rings (SSSR count). The van der Waals surface area contributed by atoms with E-state index in [9.17, 15) is 4.79 Å². The van der Waals surface area contributed by atoms with Gasteiger partial charge in [0.25, 0.3) is 0 Å². The van der Waals surface area contributed by atoms with Crippen molar-refractivity contribution in [2.75, 3.05) is 6.61 Å². The van der Waals surface area contributed by atoms with Gasteiger partial charge in [-0.3, -0.25) is 4.79 Å². The van der Waals surface area contributed by atoms with Crippen molar-refractivity contribution in [1.82, 2.24) is 0 Å². The zero-order chi connectivity index (χ0) is 12.5. The highest BCUT2D eigenvalue weighted by molar-refractivity contribution is 6.00. The average Bonchev–Trinajstić information content (AvgIpc) is 2.85. The second kappa shape index (κ2) is 4.30. The van der Waals surface area contributed by atoms with E-state index in [-0.39, 0.29) is 5.78 Å². The lowest BCUT2D eigenvalue weighted by molar-refractivity contribution is 0.101. The molecular weight excluding hydrogens is 224 g/mol. The van der Waals surface area contributed by atoms with Crippen LogP contribution in [0.15, 0.2) is 42.5 Å². The number of carbonyl (C=O) groups excluding carboxylic acids is 1. The van der Waals surface area contributed by atoms with Crippen molar-refractivity contribution in [2.24, 2.45) is 0 Å². The van der Waals surface area contributed by atoms with Crippen LogP contribution in [0.4, 0.5) is 0 Å². The maximum absolute atomic E-state index is 11.6. The SMILES string of the molecule is CC(=O)c1ccccc1-c1ccc2c(c1)CCO2. The molecule has 0 spiro atoms. The standard InChI is InChI=1S/C16H14O2/c1-11(17)14-4-2-3-5-15(14)12-6-7-16-13(10-12)8-9-18-16/h2-7,10H,8-9H2,1H3. The highest BCUT2D eigenvalue weighted by atomic mass is 16.5. The van der Waals surface area contributed by atoms with Gasteiger partial charge in [0.1, 0.15) is 5.75 Å². The van der Waals surface area contributed by atoms with Crippen molar-refractivity contribution in [2.45, 2.75) is 13.3 Å². The second-order valence-electron chi connectivity index (χ2n) is 4.52. The van der Waals surface area contributed by atoms with E-state index in [1.54, 1.807) is 6.92 Å². The molecular formula is C16H14O2. The molecule has 0 N–H and O–H groups in total. The zero-order valence-corrected chi connectivity index (χ0v) is 10.3. The van der Waals surface area contributed by atoms with Gasteiger partial charge in [-0.05, 0) is 35.7 Å². The summed E-state index contributed by atoms with van der Waals surface area (Å²) in [4.78, 5) is 11.6. The van der Waals surface area contributed by atoms with Gasteiger partial charge in [-0.1, -0.05) is 30.3 Å². The minimum atomic E-state index is 0.0994. The van der Waals surface area contributed by atoms with E-state index in [2.05, 4.69) is 6.07 Å². The van der Waals surface area contributed by atoms with Gasteiger partial charge in [0.15, 0.2) is 5.78 Å². The molecule has 2 nitrogen and oxygen atoms in total. The molecule has 18 heavy (non-hydrogen) atoms. The monoisotopic (exact) mass is 238 g/mol. The number of carbonyl (C=O) groups is 1. The maximum Gasteiger partial charge on any atom is 0.160 e. The maximum atomic E-state index is 11.6. The first-order valence-electron chi connectivity index (χ1n) is 6.12. The molecule has 0 amide bonds. The fourth-order valence-corrected chi connectivity index (χ4v) is 2.40. The van der Waals surface area contributed by atoms with Crippen LogP contribution in [0.2, 0.25) is 0 Å². The van der Waals surface area contributed by atoms with Crippen LogP contribution in [-0.4, -0.2) is 12.4 Å². The summed E-state index contributed by atoms with van der Waals surface area (Å²) in [6, 6.07) is 13.9. The molecule has 0 atom stereocenters. The Bertz CT molecular complexity index is 614. The molecule has 0 aliphatic carbocycles. The van der Waals surface area contributed by atoms with Crippen LogP contribution in [0, 0.1) is 0 Å². The van der Waals surface area contributed by atoms with Gasteiger partial charge in [0, 0.05) is 12.0 Å². The third-order valence-electron chi connectivity index (χ3n) is 3.31. The van der Waals surface area contributed by atoms with Crippen LogP contribution in [0.1, 0.15) is 22.8 Å². The lowest BCUT2D eigenvalue weighted by Gasteiger charge is -2.08. The van der Waals surface area contributed by atoms with Crippen LogP contribution in [0.3, 0.4) is 0 Å². The molecule has 0 bridgehead atoms. The third kappa shape index (κ3) is 1.80. The molecule has 1 heterocycles. The summed E-state index contributed by atoms with van der Waals surface area (Å²) in [5.41, 5.74) is 4.09. The van der Waals surface area contributed by atoms with Crippen molar-refractivity contribution in [3.05, 3.63) is 53.6 Å². The van der Waals surface area contributed by atoms with Crippen LogP contribution >= 0.6 is 0 Å². The Hall–Kier alpha value is -2.09. The molecule has 0 radical (unpaired) electrons. The lowest BCUT2D eigenvalue weighted by atomic mass is 9.96. The molecule has 0 fully saturated rings. The predicted molar refractivity (Wildman–Crippen MR) is 71.1 cm³/mol. The molecule has 2 aromatic carbocycles. The Kier molecular flexibility index (Phi) is 2.63. The van der Waals surface area contributed by atoms with Crippen molar-refractivity contribution >= 4 is 5.78 Å². The van der Waals surface area contributed by atoms with E-state index in [4.69, 9.17) is 4.74 Å². The van der Waals surface area contributed by atoms with E-state index < -0.39 is 0 Å². The van der Waals surface area contributed by atoms with E-state index in [0.29, 0.717) is 0 Å². The summed E-state index contributed by atoms with van der Waals surface area (Å²) in [6.45, 7) is 2.36. The highest BCUT2D eigenvalue weighted by Gasteiger charge is 2.14. The number of fused-ring (bicyclic) bond motifs is 1. The van der Waals surface area contributed by atoms with E-state index >= 15 is 0 Å². The first kappa shape index (κ1) is 11.0. The quantitative estimate of drug-likeness (QED) is 0.748. The van der Waals surface area contributed by atoms with Gasteiger partial charge in [-0.2, -0.15) is 0 Å². The largest absolute Gasteiger partial charge is 0.493 e. The average molecular weight is 238 g/mol. The first-order chi connectivity index (χ1) is 8.75. The number of Topliss-reactive ketones (excluding diaryl/α,β-unsaturated/α-hetero) is 1. The highest BCUT2D eigenvalue weighted by Crippen LogP contribution is 2.32. The van der Waals surface area contributed by atoms with Crippen LogP contribution in [0.5, 0.6) is 5.75 Å². The summed E-state index contributed by atoms with van der Waals surface area (Å²) in [6.07, 6.45) is 0.950. The minimum Gasteiger partial charge on any atom is -0.493 e. The normalized spacial score (nSPS) is 12.9. The fourth-order valence-electron chi connectivity index (χ4n) is 2.40. The number of rotatable bonds is 2. The van der Waals surface area contributed by atoms with Crippen LogP contribution < -0.4 is 4.74 Å². The van der Waals surface area contributed by atoms with Gasteiger partial charge in [-0.15, -0.1) is 0 Å². The van der Waals surface area contributed by atoms with Gasteiger partial charge in [0.2, 0.25) is 0 Å². The molecule has 2 aromatic rings. The molecule has 0 saturated carbocycles. The summed E-state index contributed by atoms with van der Waals surface area (Å²) < 4.78 is 5.50. The summed E-state index contributed by atoms with van der Waals surface area (Å²) in [5, 5.41) is 0. The molecule has 1 aliphatic rings. The lowest BCUT2D eigenvalue weighted by Crippen LogP contribution is -1.95. The zero-order valence-electron chi connectivity index (χ0n) is 10.3. The van der Waals surface area contributed by atoms with Gasteiger partial charge in [-0.25, -0.2) is 0 Å². The van der Waals surface area contributed by atoms with Crippen molar-refractivity contribution in [3.63, 3.8) is 0 Å². The molecule has 1 aliphatic heterocycles. The van der Waals surface area contributed by atoms with Crippen LogP contribution in [-0.2, 0) is 6.42 Å². The smallest absolute Gasteiger partial charge is 0.160 e. The summed E-state index contributed by atoms with van der Waals surface area (Å²) in [7, 11) is 0. The first-order valence-corrected chi connectivity index (χ1v) is 6.12. The van der Waals surface area contributed by atoms with E-state index in [0.717, 1.165) is 35.5 Å². The Morgan fingerprint density at radius 2 is 2.00 bits per heavy atom. The summed E-state index contributed by atoms with van der Waals surface area (Å²) >= 11 is 0. The number of ketones is 1. The number of hydrogen-bond acceptors (Lipinski definition) is 2. The molecule has 0 unspecified atom stereocenters. The van der Waals surface area contributed by atoms with Crippen molar-refractivity contribution in [1.29, 1.82) is 0 Å². The van der Waals surface area contributed by atoms with Crippen molar-refractivity contribution in [3.8, 4) is 16.9 Å².